The predicted octanol–water partition coefficient (Wildman–Crippen LogP) is 4.60. The highest BCUT2D eigenvalue weighted by molar-refractivity contribution is 5.74. The molecule has 8 heteroatoms. The predicted molar refractivity (Wildman–Crippen MR) is 121 cm³/mol. The lowest BCUT2D eigenvalue weighted by Gasteiger charge is -2.60. The SMILES string of the molecule is CCOC(=O)C(C)Oc1ccc(O[C@H]2O[C@H]3O[C@@]4(C)CCC5[C@H](C)CCC([C@H]2C)C53OO4)cc1. The molecule has 4 saturated heterocycles. The fourth-order valence-electron chi connectivity index (χ4n) is 6.25. The summed E-state index contributed by atoms with van der Waals surface area (Å²) in [6.45, 7) is 10.1. The maximum absolute atomic E-state index is 11.8. The Bertz CT molecular complexity index is 889. The van der Waals surface area contributed by atoms with Crippen molar-refractivity contribution in [3.8, 4) is 11.5 Å². The molecule has 1 aliphatic carbocycles. The summed E-state index contributed by atoms with van der Waals surface area (Å²) in [6.07, 6.45) is 2.23. The second-order valence-corrected chi connectivity index (χ2v) is 10.4. The van der Waals surface area contributed by atoms with Crippen molar-refractivity contribution in [3.05, 3.63) is 24.3 Å². The zero-order valence-corrected chi connectivity index (χ0v) is 20.7. The van der Waals surface area contributed by atoms with Gasteiger partial charge in [0.2, 0.25) is 12.1 Å². The van der Waals surface area contributed by atoms with E-state index in [4.69, 9.17) is 33.5 Å². The Morgan fingerprint density at radius 1 is 1.09 bits per heavy atom. The molecular formula is C26H36O8. The summed E-state index contributed by atoms with van der Waals surface area (Å²) in [5.41, 5.74) is -0.603. The summed E-state index contributed by atoms with van der Waals surface area (Å²) < 4.78 is 29.8. The van der Waals surface area contributed by atoms with Gasteiger partial charge in [-0.15, -0.1) is 0 Å². The van der Waals surface area contributed by atoms with Crippen molar-refractivity contribution in [2.75, 3.05) is 6.61 Å². The van der Waals surface area contributed by atoms with Gasteiger partial charge in [0.15, 0.2) is 18.0 Å². The molecule has 188 valence electrons. The van der Waals surface area contributed by atoms with Gasteiger partial charge in [-0.2, -0.15) is 0 Å². The molecule has 1 spiro atoms. The topological polar surface area (TPSA) is 81.7 Å². The Balaban J connectivity index is 1.31. The van der Waals surface area contributed by atoms with Gasteiger partial charge in [0.25, 0.3) is 0 Å². The summed E-state index contributed by atoms with van der Waals surface area (Å²) in [5.74, 6) is 1.15. The van der Waals surface area contributed by atoms with E-state index in [-0.39, 0.29) is 17.8 Å². The molecule has 1 aromatic carbocycles. The van der Waals surface area contributed by atoms with E-state index in [0.717, 1.165) is 25.7 Å². The van der Waals surface area contributed by atoms with Crippen molar-refractivity contribution >= 4 is 5.97 Å². The van der Waals surface area contributed by atoms with Crippen LogP contribution in [0.25, 0.3) is 0 Å². The van der Waals surface area contributed by atoms with Crippen LogP contribution in [0, 0.1) is 23.7 Å². The fourth-order valence-corrected chi connectivity index (χ4v) is 6.25. The van der Waals surface area contributed by atoms with E-state index in [1.54, 1.807) is 26.0 Å². The van der Waals surface area contributed by atoms with E-state index >= 15 is 0 Å². The van der Waals surface area contributed by atoms with Gasteiger partial charge in [-0.1, -0.05) is 13.8 Å². The third kappa shape index (κ3) is 3.98. The molecule has 5 fully saturated rings. The molecule has 5 aliphatic rings. The summed E-state index contributed by atoms with van der Waals surface area (Å²) in [7, 11) is 0. The van der Waals surface area contributed by atoms with Crippen molar-refractivity contribution in [2.24, 2.45) is 23.7 Å². The summed E-state index contributed by atoms with van der Waals surface area (Å²) in [6, 6.07) is 7.20. The van der Waals surface area contributed by atoms with Crippen LogP contribution in [-0.2, 0) is 28.8 Å². The minimum atomic E-state index is -0.808. The van der Waals surface area contributed by atoms with Gasteiger partial charge in [0.1, 0.15) is 11.5 Å². The lowest BCUT2D eigenvalue weighted by atomic mass is 9.58. The van der Waals surface area contributed by atoms with Crippen LogP contribution in [0.1, 0.15) is 60.3 Å². The summed E-state index contributed by atoms with van der Waals surface area (Å²) >= 11 is 0. The summed E-state index contributed by atoms with van der Waals surface area (Å²) in [5, 5.41) is 0. The molecule has 4 unspecified atom stereocenters. The molecule has 0 N–H and O–H groups in total. The van der Waals surface area contributed by atoms with Crippen LogP contribution in [0.3, 0.4) is 0 Å². The molecule has 0 aromatic heterocycles. The molecule has 4 aliphatic heterocycles. The van der Waals surface area contributed by atoms with Gasteiger partial charge in [-0.3, -0.25) is 0 Å². The molecule has 4 heterocycles. The minimum Gasteiger partial charge on any atom is -0.479 e. The van der Waals surface area contributed by atoms with Crippen LogP contribution in [0.5, 0.6) is 11.5 Å². The van der Waals surface area contributed by atoms with Gasteiger partial charge >= 0.3 is 5.97 Å². The molecule has 1 aromatic rings. The van der Waals surface area contributed by atoms with E-state index in [9.17, 15) is 4.79 Å². The second-order valence-electron chi connectivity index (χ2n) is 10.4. The van der Waals surface area contributed by atoms with Gasteiger partial charge in [0.05, 0.1) is 6.61 Å². The number of benzene rings is 1. The molecule has 34 heavy (non-hydrogen) atoms. The van der Waals surface area contributed by atoms with Gasteiger partial charge in [-0.05, 0) is 76.1 Å². The highest BCUT2D eigenvalue weighted by atomic mass is 17.3. The van der Waals surface area contributed by atoms with Gasteiger partial charge in [-0.25, -0.2) is 14.6 Å². The van der Waals surface area contributed by atoms with Crippen LogP contribution in [-0.4, -0.2) is 42.6 Å². The molecule has 0 amide bonds. The van der Waals surface area contributed by atoms with Crippen LogP contribution in [0.15, 0.2) is 24.3 Å². The average molecular weight is 477 g/mol. The third-order valence-electron chi connectivity index (χ3n) is 8.10. The minimum absolute atomic E-state index is 0.0840. The number of carbonyl (C=O) groups excluding carboxylic acids is 1. The van der Waals surface area contributed by atoms with E-state index in [1.807, 2.05) is 19.1 Å². The van der Waals surface area contributed by atoms with Crippen molar-refractivity contribution in [2.45, 2.75) is 90.4 Å². The molecule has 0 radical (unpaired) electrons. The Morgan fingerprint density at radius 2 is 1.82 bits per heavy atom. The molecule has 6 rings (SSSR count). The lowest BCUT2D eigenvalue weighted by Crippen LogP contribution is -2.70. The number of fused-ring (bicyclic) bond motifs is 2. The second kappa shape index (κ2) is 8.97. The Morgan fingerprint density at radius 3 is 2.56 bits per heavy atom. The number of hydrogen-bond donors (Lipinski definition) is 0. The zero-order chi connectivity index (χ0) is 24.1. The van der Waals surface area contributed by atoms with Gasteiger partial charge < -0.3 is 23.7 Å². The highest BCUT2D eigenvalue weighted by Gasteiger charge is 2.69. The Labute approximate surface area is 201 Å². The maximum atomic E-state index is 11.8. The maximum Gasteiger partial charge on any atom is 0.347 e. The summed E-state index contributed by atoms with van der Waals surface area (Å²) in [4.78, 5) is 23.9. The normalized spacial score (nSPS) is 41.7. The van der Waals surface area contributed by atoms with Crippen molar-refractivity contribution in [1.29, 1.82) is 0 Å². The first-order valence-electron chi connectivity index (χ1n) is 12.6. The fraction of sp³-hybridized carbons (Fsp3) is 0.731. The molecule has 1 saturated carbocycles. The van der Waals surface area contributed by atoms with E-state index in [1.165, 1.54) is 0 Å². The standard InChI is InChI=1S/C26H36O8/c1-6-28-22(27)17(4)29-18-8-10-19(11-9-18)30-23-16(3)21-12-7-15(2)20-13-14-25(5)32-24(31-23)26(20,21)34-33-25/h8-11,15-17,20-21,23-24H,6-7,12-14H2,1-5H3/t15-,16-,17?,20?,21?,23+,24+,25-,26?/m1/s1. The first-order chi connectivity index (χ1) is 16.3. The van der Waals surface area contributed by atoms with Crippen LogP contribution < -0.4 is 9.47 Å². The van der Waals surface area contributed by atoms with Gasteiger partial charge in [0, 0.05) is 18.3 Å². The van der Waals surface area contributed by atoms with E-state index in [0.29, 0.717) is 29.9 Å². The number of esters is 1. The Kier molecular flexibility index (Phi) is 6.29. The van der Waals surface area contributed by atoms with Crippen LogP contribution in [0.2, 0.25) is 0 Å². The van der Waals surface area contributed by atoms with Crippen molar-refractivity contribution < 1.29 is 38.3 Å². The number of ether oxygens (including phenoxy) is 5. The largest absolute Gasteiger partial charge is 0.479 e. The van der Waals surface area contributed by atoms with Crippen molar-refractivity contribution in [3.63, 3.8) is 0 Å². The zero-order valence-electron chi connectivity index (χ0n) is 20.7. The molecule has 8 nitrogen and oxygen atoms in total. The quantitative estimate of drug-likeness (QED) is 0.435. The lowest BCUT2D eigenvalue weighted by molar-refractivity contribution is -0.575. The number of carbonyl (C=O) groups is 1. The third-order valence-corrected chi connectivity index (χ3v) is 8.10. The van der Waals surface area contributed by atoms with E-state index < -0.39 is 30.1 Å². The van der Waals surface area contributed by atoms with Crippen LogP contribution >= 0.6 is 0 Å². The Hall–Kier alpha value is -1.87. The first kappa shape index (κ1) is 23.9. The van der Waals surface area contributed by atoms with Crippen LogP contribution in [0.4, 0.5) is 0 Å². The number of hydrogen-bond acceptors (Lipinski definition) is 8. The highest BCUT2D eigenvalue weighted by Crippen LogP contribution is 2.60. The molecular weight excluding hydrogens is 440 g/mol. The van der Waals surface area contributed by atoms with E-state index in [2.05, 4.69) is 13.8 Å². The average Bonchev–Trinajstić information content (AvgIpc) is 3.04. The molecule has 2 bridgehead atoms. The molecule has 9 atom stereocenters. The first-order valence-corrected chi connectivity index (χ1v) is 12.6. The van der Waals surface area contributed by atoms with Crippen molar-refractivity contribution in [1.82, 2.24) is 0 Å². The monoisotopic (exact) mass is 476 g/mol. The number of rotatable bonds is 6. The smallest absolute Gasteiger partial charge is 0.347 e.